The van der Waals surface area contributed by atoms with Gasteiger partial charge in [-0.3, -0.25) is 4.79 Å². The van der Waals surface area contributed by atoms with Gasteiger partial charge in [0.05, 0.1) is 11.6 Å². The van der Waals surface area contributed by atoms with Gasteiger partial charge in [-0.05, 0) is 17.6 Å². The number of aliphatic hydroxyl groups is 1. The van der Waals surface area contributed by atoms with Gasteiger partial charge < -0.3 is 20.7 Å². The quantitative estimate of drug-likeness (QED) is 0.607. The van der Waals surface area contributed by atoms with Crippen molar-refractivity contribution in [2.24, 2.45) is 0 Å². The van der Waals surface area contributed by atoms with Crippen molar-refractivity contribution in [3.8, 4) is 11.1 Å². The number of aromatic amines is 1. The predicted octanol–water partition coefficient (Wildman–Crippen LogP) is 1.77. The Bertz CT molecular complexity index is 697. The molecule has 0 atom stereocenters. The number of aromatic nitrogens is 2. The molecule has 4 N–H and O–H groups in total. The number of nitrogens with zero attached hydrogens (tertiary/aromatic N) is 1. The lowest BCUT2D eigenvalue weighted by Gasteiger charge is -2.22. The average Bonchev–Trinajstić information content (AvgIpc) is 2.95. The molecule has 2 rings (SSSR count). The third kappa shape index (κ3) is 4.74. The topological polar surface area (TPSA) is 90.0 Å². The van der Waals surface area contributed by atoms with Crippen molar-refractivity contribution in [3.63, 3.8) is 0 Å². The van der Waals surface area contributed by atoms with Gasteiger partial charge in [-0.1, -0.05) is 25.4 Å². The summed E-state index contributed by atoms with van der Waals surface area (Å²) < 4.78 is 0. The normalized spacial score (nSPS) is 11.3. The third-order valence-corrected chi connectivity index (χ3v) is 3.24. The molecule has 23 heavy (non-hydrogen) atoms. The maximum atomic E-state index is 11.9. The van der Waals surface area contributed by atoms with E-state index >= 15 is 0 Å². The van der Waals surface area contributed by atoms with Crippen molar-refractivity contribution >= 4 is 31.2 Å². The summed E-state index contributed by atoms with van der Waals surface area (Å²) in [6, 6.07) is 3.46. The molecule has 0 aliphatic heterocycles. The molecule has 0 saturated carbocycles. The second-order valence-electron chi connectivity index (χ2n) is 5.68. The van der Waals surface area contributed by atoms with Gasteiger partial charge in [0.25, 0.3) is 5.91 Å². The number of hydrogen-bond donors (Lipinski definition) is 4. The van der Waals surface area contributed by atoms with Gasteiger partial charge in [-0.2, -0.15) is 0 Å². The number of carbonyl (C=O) groups excluding carboxylic acids is 1. The highest BCUT2D eigenvalue weighted by Crippen LogP contribution is 2.30. The fraction of sp³-hybridized carbons (Fsp3) is 0.333. The fourth-order valence-electron chi connectivity index (χ4n) is 2.00. The van der Waals surface area contributed by atoms with Crippen molar-refractivity contribution < 1.29 is 9.90 Å². The number of pyridine rings is 1. The molecule has 0 unspecified atom stereocenters. The monoisotopic (exact) mass is 332 g/mol. The maximum Gasteiger partial charge on any atom is 0.267 e. The van der Waals surface area contributed by atoms with Gasteiger partial charge in [0, 0.05) is 30.1 Å². The van der Waals surface area contributed by atoms with Crippen LogP contribution in [0.4, 0.5) is 5.82 Å². The smallest absolute Gasteiger partial charge is 0.267 e. The number of carbonyl (C=O) groups is 1. The molecule has 6 nitrogen and oxygen atoms in total. The van der Waals surface area contributed by atoms with Gasteiger partial charge in [0.15, 0.2) is 0 Å². The number of H-pyrrole nitrogens is 1. The van der Waals surface area contributed by atoms with E-state index in [2.05, 4.69) is 20.6 Å². The molecule has 120 valence electrons. The van der Waals surface area contributed by atoms with Gasteiger partial charge in [-0.25, -0.2) is 4.98 Å². The van der Waals surface area contributed by atoms with E-state index < -0.39 is 5.44 Å². The van der Waals surface area contributed by atoms with E-state index in [1.54, 1.807) is 18.3 Å². The Balaban J connectivity index is 2.26. The Hall–Kier alpha value is -1.99. The molecule has 0 fully saturated rings. The van der Waals surface area contributed by atoms with Crippen molar-refractivity contribution in [1.29, 1.82) is 0 Å². The first-order valence-electron chi connectivity index (χ1n) is 7.10. The summed E-state index contributed by atoms with van der Waals surface area (Å²) in [5, 5.41) is 14.8. The minimum Gasteiger partial charge on any atom is -0.395 e. The van der Waals surface area contributed by atoms with Crippen LogP contribution in [0.1, 0.15) is 24.3 Å². The second kappa shape index (κ2) is 7.06. The van der Waals surface area contributed by atoms with Crippen LogP contribution in [-0.4, -0.2) is 47.4 Å². The minimum absolute atomic E-state index is 0.112. The molecule has 2 aromatic rings. The molecule has 0 aliphatic carbocycles. The number of amides is 1. The molecule has 0 aliphatic rings. The highest BCUT2D eigenvalue weighted by Gasteiger charge is 2.14. The van der Waals surface area contributed by atoms with Gasteiger partial charge >= 0.3 is 0 Å². The van der Waals surface area contributed by atoms with E-state index in [1.165, 1.54) is 6.20 Å². The van der Waals surface area contributed by atoms with Crippen molar-refractivity contribution in [1.82, 2.24) is 15.3 Å². The van der Waals surface area contributed by atoms with Crippen LogP contribution in [0.2, 0.25) is 5.02 Å². The van der Waals surface area contributed by atoms with Crippen LogP contribution in [-0.2, 0) is 0 Å². The Labute approximate surface area is 141 Å². The Kier molecular flexibility index (Phi) is 5.33. The Morgan fingerprint density at radius 2 is 2.22 bits per heavy atom. The number of rotatable bonds is 6. The average molecular weight is 333 g/mol. The molecular weight excluding hydrogens is 314 g/mol. The molecule has 2 aromatic heterocycles. The summed E-state index contributed by atoms with van der Waals surface area (Å²) in [7, 11) is 5.92. The van der Waals surface area contributed by atoms with Gasteiger partial charge in [0.1, 0.15) is 19.4 Å². The number of anilines is 1. The molecule has 1 amide bonds. The summed E-state index contributed by atoms with van der Waals surface area (Å²) >= 11 is 6.21. The van der Waals surface area contributed by atoms with Crippen LogP contribution >= 0.6 is 11.6 Å². The third-order valence-electron chi connectivity index (χ3n) is 2.94. The Morgan fingerprint density at radius 1 is 1.48 bits per heavy atom. The van der Waals surface area contributed by atoms with Gasteiger partial charge in [0.2, 0.25) is 0 Å². The largest absolute Gasteiger partial charge is 0.395 e. The van der Waals surface area contributed by atoms with Crippen LogP contribution in [0.25, 0.3) is 11.1 Å². The van der Waals surface area contributed by atoms with Crippen molar-refractivity contribution in [2.45, 2.75) is 19.3 Å². The highest BCUT2D eigenvalue weighted by atomic mass is 35.5. The molecule has 0 spiro atoms. The zero-order chi connectivity index (χ0) is 17.0. The number of nitrogens with one attached hydrogen (secondary N) is 3. The number of hydrogen-bond acceptors (Lipinski definition) is 4. The lowest BCUT2D eigenvalue weighted by molar-refractivity contribution is 0.0940. The molecule has 8 heteroatoms. The first kappa shape index (κ1) is 17.4. The molecule has 2 heterocycles. The lowest BCUT2D eigenvalue weighted by atomic mass is 9.82. The predicted molar refractivity (Wildman–Crippen MR) is 91.9 cm³/mol. The summed E-state index contributed by atoms with van der Waals surface area (Å²) in [5.41, 5.74) is 1.25. The standard InChI is InChI=1S/C15H18BClN4O2/c1-15(2,16)21-13-6-10(11(17)8-20-13)9-5-12(19-7-9)14(23)18-3-4-22/h5-8,19,22H,3-4H2,1-2H3,(H,18,23)(H,20,21). The van der Waals surface area contributed by atoms with Gasteiger partial charge in [-0.15, -0.1) is 0 Å². The van der Waals surface area contributed by atoms with E-state index in [0.717, 1.165) is 11.1 Å². The molecule has 0 aromatic carbocycles. The van der Waals surface area contributed by atoms with Crippen LogP contribution in [0.15, 0.2) is 24.5 Å². The molecular formula is C15H18BClN4O2. The van der Waals surface area contributed by atoms with Crippen LogP contribution in [0.5, 0.6) is 0 Å². The van der Waals surface area contributed by atoms with Crippen LogP contribution in [0.3, 0.4) is 0 Å². The number of aliphatic hydroxyl groups excluding tert-OH is 1. The highest BCUT2D eigenvalue weighted by molar-refractivity contribution is 6.33. The molecule has 0 bridgehead atoms. The maximum absolute atomic E-state index is 11.9. The molecule has 0 saturated heterocycles. The van der Waals surface area contributed by atoms with E-state index in [4.69, 9.17) is 24.6 Å². The zero-order valence-electron chi connectivity index (χ0n) is 13.0. The minimum atomic E-state index is -0.619. The van der Waals surface area contributed by atoms with Crippen molar-refractivity contribution in [3.05, 3.63) is 35.2 Å². The van der Waals surface area contributed by atoms with Crippen LogP contribution < -0.4 is 10.6 Å². The fourth-order valence-corrected chi connectivity index (χ4v) is 2.22. The summed E-state index contributed by atoms with van der Waals surface area (Å²) in [4.78, 5) is 18.9. The zero-order valence-corrected chi connectivity index (χ0v) is 13.7. The SMILES string of the molecule is [B]C(C)(C)Nc1cc(-c2c[nH]c(C(=O)NCCO)c2)c(Cl)cn1. The summed E-state index contributed by atoms with van der Waals surface area (Å²) in [6.07, 6.45) is 3.22. The lowest BCUT2D eigenvalue weighted by Crippen LogP contribution is -2.31. The summed E-state index contributed by atoms with van der Waals surface area (Å²) in [5.74, 6) is 0.293. The second-order valence-corrected chi connectivity index (χ2v) is 6.08. The Morgan fingerprint density at radius 3 is 2.87 bits per heavy atom. The first-order valence-corrected chi connectivity index (χ1v) is 7.48. The van der Waals surface area contributed by atoms with E-state index in [9.17, 15) is 4.79 Å². The van der Waals surface area contributed by atoms with E-state index in [1.807, 2.05) is 13.8 Å². The van der Waals surface area contributed by atoms with Crippen LogP contribution in [0, 0.1) is 0 Å². The van der Waals surface area contributed by atoms with E-state index in [0.29, 0.717) is 16.5 Å². The summed E-state index contributed by atoms with van der Waals surface area (Å²) in [6.45, 7) is 3.73. The number of halogens is 1. The first-order chi connectivity index (χ1) is 10.8. The van der Waals surface area contributed by atoms with E-state index in [-0.39, 0.29) is 19.1 Å². The van der Waals surface area contributed by atoms with Crippen molar-refractivity contribution in [2.75, 3.05) is 18.5 Å². The molecule has 2 radical (unpaired) electrons.